The number of carboxylic acid groups (broad SMARTS) is 1. The molecule has 158 valence electrons. The van der Waals surface area contributed by atoms with Gasteiger partial charge in [0, 0.05) is 11.7 Å². The number of rotatable bonds is 8. The predicted molar refractivity (Wildman–Crippen MR) is 133 cm³/mol. The van der Waals surface area contributed by atoms with Crippen LogP contribution in [0, 0.1) is 0 Å². The number of carboxylic acids is 1. The predicted octanol–water partition coefficient (Wildman–Crippen LogP) is 4.16. The summed E-state index contributed by atoms with van der Waals surface area (Å²) >= 11 is 1.63. The van der Waals surface area contributed by atoms with E-state index in [2.05, 4.69) is 75.7 Å². The van der Waals surface area contributed by atoms with Crippen molar-refractivity contribution in [2.75, 3.05) is 12.0 Å². The minimum atomic E-state index is -1.47. The zero-order chi connectivity index (χ0) is 22.0. The van der Waals surface area contributed by atoms with Gasteiger partial charge >= 0.3 is 5.97 Å². The maximum absolute atomic E-state index is 12.5. The van der Waals surface area contributed by atoms with Crippen molar-refractivity contribution in [3.8, 4) is 0 Å². The highest BCUT2D eigenvalue weighted by Crippen LogP contribution is 2.37. The van der Waals surface area contributed by atoms with Crippen LogP contribution in [-0.2, 0) is 10.3 Å². The molecule has 29 heavy (non-hydrogen) atoms. The molecule has 2 rings (SSSR count). The molecular formula is C23H35NO2SSi2. The molecule has 0 amide bonds. The SMILES string of the molecule is CSCC(c1ccc([Si](C)(C)C)cc1)C(N)(C(=O)O)c1ccc([Si](C)(C)C)cc1. The first-order chi connectivity index (χ1) is 13.3. The van der Waals surface area contributed by atoms with Crippen molar-refractivity contribution in [3.63, 3.8) is 0 Å². The van der Waals surface area contributed by atoms with Gasteiger partial charge in [0.25, 0.3) is 0 Å². The van der Waals surface area contributed by atoms with Crippen LogP contribution in [0.25, 0.3) is 0 Å². The summed E-state index contributed by atoms with van der Waals surface area (Å²) in [6.07, 6.45) is 2.00. The van der Waals surface area contributed by atoms with E-state index in [1.165, 1.54) is 10.4 Å². The minimum Gasteiger partial charge on any atom is -0.480 e. The molecule has 2 aromatic carbocycles. The van der Waals surface area contributed by atoms with E-state index in [9.17, 15) is 9.90 Å². The van der Waals surface area contributed by atoms with Crippen LogP contribution in [-0.4, -0.2) is 39.2 Å². The minimum absolute atomic E-state index is 0.316. The van der Waals surface area contributed by atoms with Gasteiger partial charge in [-0.2, -0.15) is 11.8 Å². The van der Waals surface area contributed by atoms with E-state index in [1.54, 1.807) is 11.8 Å². The van der Waals surface area contributed by atoms with E-state index in [-0.39, 0.29) is 5.92 Å². The molecule has 2 atom stereocenters. The summed E-state index contributed by atoms with van der Waals surface area (Å²) in [6.45, 7) is 13.8. The molecule has 0 saturated carbocycles. The number of nitrogens with two attached hydrogens (primary N) is 1. The van der Waals surface area contributed by atoms with Crippen molar-refractivity contribution >= 4 is 44.3 Å². The molecule has 0 aliphatic carbocycles. The Morgan fingerprint density at radius 2 is 1.34 bits per heavy atom. The molecule has 6 heteroatoms. The smallest absolute Gasteiger partial charge is 0.329 e. The van der Waals surface area contributed by atoms with Crippen LogP contribution in [0.5, 0.6) is 0 Å². The third-order valence-electron chi connectivity index (χ3n) is 5.64. The van der Waals surface area contributed by atoms with Crippen molar-refractivity contribution in [1.82, 2.24) is 0 Å². The molecule has 3 N–H and O–H groups in total. The van der Waals surface area contributed by atoms with Gasteiger partial charge in [-0.3, -0.25) is 0 Å². The fraction of sp³-hybridized carbons (Fsp3) is 0.435. The second-order valence-electron chi connectivity index (χ2n) is 9.88. The van der Waals surface area contributed by atoms with Crippen LogP contribution in [0.15, 0.2) is 48.5 Å². The van der Waals surface area contributed by atoms with E-state index in [0.717, 1.165) is 5.56 Å². The third-order valence-corrected chi connectivity index (χ3v) is 10.4. The maximum atomic E-state index is 12.5. The molecule has 0 bridgehead atoms. The van der Waals surface area contributed by atoms with Crippen molar-refractivity contribution in [1.29, 1.82) is 0 Å². The standard InChI is InChI=1S/C23H35NO2SSi2/c1-27-16-21(17-8-12-19(13-9-17)28(2,3)4)23(24,22(25)26)18-10-14-20(15-11-18)29(5,6)7/h8-15,21H,16,24H2,1-7H3,(H,25,26). The first kappa shape index (κ1) is 23.9. The highest BCUT2D eigenvalue weighted by molar-refractivity contribution is 7.98. The summed E-state index contributed by atoms with van der Waals surface area (Å²) in [7, 11) is -2.88. The molecule has 0 aliphatic heterocycles. The Balaban J connectivity index is 2.54. The summed E-state index contributed by atoms with van der Waals surface area (Å²) in [5.41, 5.74) is 6.90. The van der Waals surface area contributed by atoms with Crippen LogP contribution in [0.3, 0.4) is 0 Å². The Morgan fingerprint density at radius 1 is 0.931 bits per heavy atom. The van der Waals surface area contributed by atoms with Crippen LogP contribution < -0.4 is 16.1 Å². The maximum Gasteiger partial charge on any atom is 0.329 e. The number of thioether (sulfide) groups is 1. The second kappa shape index (κ2) is 8.80. The highest BCUT2D eigenvalue weighted by atomic mass is 32.2. The zero-order valence-corrected chi connectivity index (χ0v) is 21.6. The van der Waals surface area contributed by atoms with E-state index in [0.29, 0.717) is 11.3 Å². The van der Waals surface area contributed by atoms with E-state index >= 15 is 0 Å². The number of aliphatic carboxylic acids is 1. The Bertz CT molecular complexity index is 839. The quantitative estimate of drug-likeness (QED) is 0.599. The molecule has 0 fully saturated rings. The average molecular weight is 446 g/mol. The van der Waals surface area contributed by atoms with Crippen molar-refractivity contribution in [3.05, 3.63) is 59.7 Å². The lowest BCUT2D eigenvalue weighted by Crippen LogP contribution is -2.51. The van der Waals surface area contributed by atoms with Gasteiger partial charge < -0.3 is 10.8 Å². The van der Waals surface area contributed by atoms with Gasteiger partial charge in [-0.1, -0.05) is 98.2 Å². The van der Waals surface area contributed by atoms with Gasteiger partial charge in [0.2, 0.25) is 0 Å². The Morgan fingerprint density at radius 3 is 1.69 bits per heavy atom. The lowest BCUT2D eigenvalue weighted by molar-refractivity contribution is -0.144. The number of carbonyl (C=O) groups is 1. The van der Waals surface area contributed by atoms with Crippen LogP contribution in [0.2, 0.25) is 39.3 Å². The van der Waals surface area contributed by atoms with Gasteiger partial charge in [-0.25, -0.2) is 4.79 Å². The summed E-state index contributed by atoms with van der Waals surface area (Å²) in [4.78, 5) is 12.5. The van der Waals surface area contributed by atoms with Gasteiger partial charge in [0.1, 0.15) is 5.54 Å². The van der Waals surface area contributed by atoms with Crippen molar-refractivity contribution < 1.29 is 9.90 Å². The largest absolute Gasteiger partial charge is 0.480 e. The summed E-state index contributed by atoms with van der Waals surface area (Å²) in [6, 6.07) is 16.5. The average Bonchev–Trinajstić information content (AvgIpc) is 2.64. The number of benzene rings is 2. The molecule has 0 saturated heterocycles. The summed E-state index contributed by atoms with van der Waals surface area (Å²) in [5.74, 6) is -0.653. The Kier molecular flexibility index (Phi) is 7.26. The fourth-order valence-corrected chi connectivity index (χ4v) is 6.71. The fourth-order valence-electron chi connectivity index (χ4n) is 3.59. The Labute approximate surface area is 182 Å². The monoisotopic (exact) mass is 445 g/mol. The lowest BCUT2D eigenvalue weighted by atomic mass is 9.76. The second-order valence-corrected chi connectivity index (χ2v) is 20.9. The first-order valence-corrected chi connectivity index (χ1v) is 18.4. The van der Waals surface area contributed by atoms with Crippen molar-refractivity contribution in [2.24, 2.45) is 5.73 Å². The third kappa shape index (κ3) is 5.23. The molecule has 3 nitrogen and oxygen atoms in total. The topological polar surface area (TPSA) is 63.3 Å². The van der Waals surface area contributed by atoms with Gasteiger partial charge in [-0.05, 0) is 17.4 Å². The van der Waals surface area contributed by atoms with E-state index in [1.807, 2.05) is 18.4 Å². The molecule has 2 aromatic rings. The van der Waals surface area contributed by atoms with Gasteiger partial charge in [-0.15, -0.1) is 0 Å². The van der Waals surface area contributed by atoms with Crippen LogP contribution >= 0.6 is 11.8 Å². The zero-order valence-electron chi connectivity index (χ0n) is 18.7. The molecule has 2 unspecified atom stereocenters. The molecule has 0 heterocycles. The van der Waals surface area contributed by atoms with Crippen molar-refractivity contribution in [2.45, 2.75) is 50.7 Å². The lowest BCUT2D eigenvalue weighted by Gasteiger charge is -2.35. The van der Waals surface area contributed by atoms with E-state index in [4.69, 9.17) is 5.73 Å². The molecule has 0 aromatic heterocycles. The molecule has 0 radical (unpaired) electrons. The molecule has 0 aliphatic rings. The van der Waals surface area contributed by atoms with E-state index < -0.39 is 27.7 Å². The molecule has 0 spiro atoms. The van der Waals surface area contributed by atoms with Gasteiger partial charge in [0.05, 0.1) is 16.1 Å². The van der Waals surface area contributed by atoms with Crippen LogP contribution in [0.1, 0.15) is 17.0 Å². The summed E-state index contributed by atoms with van der Waals surface area (Å²) < 4.78 is 0. The molecular weight excluding hydrogens is 410 g/mol. The summed E-state index contributed by atoms with van der Waals surface area (Å²) in [5, 5.41) is 12.9. The number of hydrogen-bond donors (Lipinski definition) is 2. The Hall–Kier alpha value is -1.35. The van der Waals surface area contributed by atoms with Crippen LogP contribution in [0.4, 0.5) is 0 Å². The first-order valence-electron chi connectivity index (χ1n) is 10.0. The number of hydrogen-bond acceptors (Lipinski definition) is 3. The highest BCUT2D eigenvalue weighted by Gasteiger charge is 2.44. The van der Waals surface area contributed by atoms with Gasteiger partial charge in [0.15, 0.2) is 0 Å². The normalized spacial score (nSPS) is 15.6.